The fourth-order valence-corrected chi connectivity index (χ4v) is 3.73. The van der Waals surface area contributed by atoms with Crippen molar-refractivity contribution in [2.75, 3.05) is 10.0 Å². The summed E-state index contributed by atoms with van der Waals surface area (Å²) in [5.74, 6) is -0.256. The molecule has 0 aliphatic heterocycles. The van der Waals surface area contributed by atoms with Crippen LogP contribution in [0.25, 0.3) is 0 Å². The molecule has 0 aromatic heterocycles. The van der Waals surface area contributed by atoms with Gasteiger partial charge in [0.1, 0.15) is 0 Å². The summed E-state index contributed by atoms with van der Waals surface area (Å²) >= 11 is 5.81. The Morgan fingerprint density at radius 3 is 2.22 bits per heavy atom. The van der Waals surface area contributed by atoms with Crippen LogP contribution in [0, 0.1) is 6.92 Å². The summed E-state index contributed by atoms with van der Waals surface area (Å²) in [4.78, 5) is 12.4. The average Bonchev–Trinajstić information content (AvgIpc) is 2.65. The SMILES string of the molecule is Cc1cc(S(=O)(=O)Nc2ccc(Cl)cc2)ccc1NC(=O)c1ccccc1. The van der Waals surface area contributed by atoms with Crippen molar-refractivity contribution in [1.82, 2.24) is 0 Å². The molecule has 3 rings (SSSR count). The van der Waals surface area contributed by atoms with Crippen molar-refractivity contribution in [3.05, 3.63) is 88.9 Å². The lowest BCUT2D eigenvalue weighted by Crippen LogP contribution is -2.15. The molecule has 0 bridgehead atoms. The van der Waals surface area contributed by atoms with Crippen molar-refractivity contribution in [2.45, 2.75) is 11.8 Å². The first-order valence-corrected chi connectivity index (χ1v) is 9.97. The molecule has 0 aliphatic rings. The van der Waals surface area contributed by atoms with Gasteiger partial charge in [-0.05, 0) is 67.1 Å². The lowest BCUT2D eigenvalue weighted by molar-refractivity contribution is 0.102. The zero-order valence-electron chi connectivity index (χ0n) is 14.4. The number of carbonyl (C=O) groups is 1. The lowest BCUT2D eigenvalue weighted by Gasteiger charge is -2.12. The highest BCUT2D eigenvalue weighted by molar-refractivity contribution is 7.92. The number of hydrogen-bond donors (Lipinski definition) is 2. The number of sulfonamides is 1. The zero-order chi connectivity index (χ0) is 19.4. The second-order valence-corrected chi connectivity index (χ2v) is 8.03. The standard InChI is InChI=1S/C20H17ClN2O3S/c1-14-13-18(27(25,26)23-17-9-7-16(21)8-10-17)11-12-19(14)22-20(24)15-5-3-2-4-6-15/h2-13,23H,1H3,(H,22,24). The van der Waals surface area contributed by atoms with Crippen LogP contribution >= 0.6 is 11.6 Å². The molecule has 0 aliphatic carbocycles. The van der Waals surface area contributed by atoms with Gasteiger partial charge in [-0.25, -0.2) is 8.42 Å². The van der Waals surface area contributed by atoms with Crippen LogP contribution in [0.2, 0.25) is 5.02 Å². The molecule has 0 fully saturated rings. The maximum absolute atomic E-state index is 12.6. The third kappa shape index (κ3) is 4.67. The summed E-state index contributed by atoms with van der Waals surface area (Å²) in [7, 11) is -3.75. The number of hydrogen-bond acceptors (Lipinski definition) is 3. The van der Waals surface area contributed by atoms with E-state index in [1.54, 1.807) is 61.5 Å². The fourth-order valence-electron chi connectivity index (χ4n) is 2.46. The predicted molar refractivity (Wildman–Crippen MR) is 108 cm³/mol. The first-order valence-electron chi connectivity index (χ1n) is 8.10. The zero-order valence-corrected chi connectivity index (χ0v) is 16.0. The average molecular weight is 401 g/mol. The Bertz CT molecular complexity index is 1070. The van der Waals surface area contributed by atoms with Crippen molar-refractivity contribution in [3.63, 3.8) is 0 Å². The third-order valence-electron chi connectivity index (χ3n) is 3.89. The molecule has 0 spiro atoms. The Kier molecular flexibility index (Phi) is 5.48. The largest absolute Gasteiger partial charge is 0.322 e. The lowest BCUT2D eigenvalue weighted by atomic mass is 10.1. The summed E-state index contributed by atoms with van der Waals surface area (Å²) in [5, 5.41) is 3.31. The quantitative estimate of drug-likeness (QED) is 0.651. The maximum Gasteiger partial charge on any atom is 0.261 e. The van der Waals surface area contributed by atoms with E-state index in [4.69, 9.17) is 11.6 Å². The number of benzene rings is 3. The highest BCUT2D eigenvalue weighted by Crippen LogP contribution is 2.23. The van der Waals surface area contributed by atoms with Gasteiger partial charge < -0.3 is 5.32 Å². The molecule has 27 heavy (non-hydrogen) atoms. The van der Waals surface area contributed by atoms with E-state index in [-0.39, 0.29) is 10.8 Å². The van der Waals surface area contributed by atoms with E-state index in [2.05, 4.69) is 10.0 Å². The molecule has 0 saturated heterocycles. The Balaban J connectivity index is 1.79. The van der Waals surface area contributed by atoms with Crippen molar-refractivity contribution >= 4 is 38.9 Å². The molecule has 138 valence electrons. The van der Waals surface area contributed by atoms with E-state index in [9.17, 15) is 13.2 Å². The number of carbonyl (C=O) groups excluding carboxylic acids is 1. The van der Waals surface area contributed by atoms with Crippen LogP contribution in [-0.4, -0.2) is 14.3 Å². The van der Waals surface area contributed by atoms with E-state index in [0.29, 0.717) is 27.5 Å². The number of anilines is 2. The van der Waals surface area contributed by atoms with Crippen molar-refractivity contribution in [1.29, 1.82) is 0 Å². The minimum Gasteiger partial charge on any atom is -0.322 e. The van der Waals surface area contributed by atoms with Gasteiger partial charge in [-0.15, -0.1) is 0 Å². The minimum atomic E-state index is -3.75. The number of nitrogens with one attached hydrogen (secondary N) is 2. The third-order valence-corrected chi connectivity index (χ3v) is 5.52. The molecule has 2 N–H and O–H groups in total. The van der Waals surface area contributed by atoms with Crippen molar-refractivity contribution in [2.24, 2.45) is 0 Å². The smallest absolute Gasteiger partial charge is 0.261 e. The summed E-state index contributed by atoms with van der Waals surface area (Å²) in [6.07, 6.45) is 0. The highest BCUT2D eigenvalue weighted by atomic mass is 35.5. The number of aryl methyl sites for hydroxylation is 1. The molecule has 0 saturated carbocycles. The van der Waals surface area contributed by atoms with Gasteiger partial charge in [-0.3, -0.25) is 9.52 Å². The van der Waals surface area contributed by atoms with E-state index >= 15 is 0 Å². The van der Waals surface area contributed by atoms with E-state index in [1.165, 1.54) is 12.1 Å². The van der Waals surface area contributed by atoms with Crippen LogP contribution in [-0.2, 0) is 10.0 Å². The Morgan fingerprint density at radius 2 is 1.59 bits per heavy atom. The Hall–Kier alpha value is -2.83. The molecule has 1 amide bonds. The maximum atomic E-state index is 12.6. The van der Waals surface area contributed by atoms with Gasteiger partial charge in [0.2, 0.25) is 0 Å². The normalized spacial score (nSPS) is 11.0. The predicted octanol–water partition coefficient (Wildman–Crippen LogP) is 4.70. The van der Waals surface area contributed by atoms with Gasteiger partial charge in [-0.1, -0.05) is 29.8 Å². The molecule has 0 heterocycles. The van der Waals surface area contributed by atoms with Crippen molar-refractivity contribution < 1.29 is 13.2 Å². The van der Waals surface area contributed by atoms with Gasteiger partial charge in [0.15, 0.2) is 0 Å². The van der Waals surface area contributed by atoms with Gasteiger partial charge in [0, 0.05) is 22.0 Å². The summed E-state index contributed by atoms with van der Waals surface area (Å²) in [6, 6.07) is 19.7. The van der Waals surface area contributed by atoms with Crippen LogP contribution in [0.15, 0.2) is 77.7 Å². The molecule has 0 radical (unpaired) electrons. The minimum absolute atomic E-state index is 0.104. The number of halogens is 1. The Labute approximate surface area is 163 Å². The second kappa shape index (κ2) is 7.82. The molecule has 3 aromatic rings. The van der Waals surface area contributed by atoms with Crippen molar-refractivity contribution in [3.8, 4) is 0 Å². The van der Waals surface area contributed by atoms with Crippen LogP contribution in [0.1, 0.15) is 15.9 Å². The number of amides is 1. The van der Waals surface area contributed by atoms with Crippen LogP contribution in [0.3, 0.4) is 0 Å². The molecule has 0 atom stereocenters. The summed E-state index contributed by atoms with van der Waals surface area (Å²) < 4.78 is 27.6. The Morgan fingerprint density at radius 1 is 0.926 bits per heavy atom. The first kappa shape index (κ1) is 18.9. The molecular formula is C20H17ClN2O3S. The second-order valence-electron chi connectivity index (χ2n) is 5.91. The highest BCUT2D eigenvalue weighted by Gasteiger charge is 2.16. The molecule has 5 nitrogen and oxygen atoms in total. The van der Waals surface area contributed by atoms with E-state index < -0.39 is 10.0 Å². The summed E-state index contributed by atoms with van der Waals surface area (Å²) in [5.41, 5.74) is 2.13. The first-order chi connectivity index (χ1) is 12.8. The van der Waals surface area contributed by atoms with Crippen LogP contribution < -0.4 is 10.0 Å². The van der Waals surface area contributed by atoms with Crippen LogP contribution in [0.5, 0.6) is 0 Å². The monoisotopic (exact) mass is 400 g/mol. The molecule has 7 heteroatoms. The summed E-state index contributed by atoms with van der Waals surface area (Å²) in [6.45, 7) is 1.74. The molecule has 3 aromatic carbocycles. The topological polar surface area (TPSA) is 75.3 Å². The molecular weight excluding hydrogens is 384 g/mol. The number of rotatable bonds is 5. The van der Waals surface area contributed by atoms with Crippen LogP contribution in [0.4, 0.5) is 11.4 Å². The van der Waals surface area contributed by atoms with Gasteiger partial charge in [0.25, 0.3) is 15.9 Å². The van der Waals surface area contributed by atoms with E-state index in [0.717, 1.165) is 0 Å². The van der Waals surface area contributed by atoms with E-state index in [1.807, 2.05) is 6.07 Å². The van der Waals surface area contributed by atoms with Gasteiger partial charge in [-0.2, -0.15) is 0 Å². The fraction of sp³-hybridized carbons (Fsp3) is 0.0500. The molecule has 0 unspecified atom stereocenters. The van der Waals surface area contributed by atoms with Gasteiger partial charge in [0.05, 0.1) is 4.90 Å². The van der Waals surface area contributed by atoms with Gasteiger partial charge >= 0.3 is 0 Å².